The standard InChI is InChI=1S/C55H101NO10/c1-3-5-7-9-11-13-15-17-19-20-21-22-23-24-25-26-27-28-29-31-32-34-36-38-40-42-47(58)50(60)46(45-65-55-53(63)52(62)51(61)49(44-57)66-55)56-54(64)48(59)43-41-39-37-35-33-30-18-16-14-12-10-8-6-4-2/h14,16,24-25,28-29,34,36,46-53,55,57-63H,3-13,15,17-23,26-27,30-33,35,37-45H2,1-2H3,(H,56,64)/b16-14-,25-24+,29-28+,36-34+. The Morgan fingerprint density at radius 3 is 1.36 bits per heavy atom. The zero-order valence-electron chi connectivity index (χ0n) is 41.9. The number of aliphatic hydroxyl groups is 7. The van der Waals surface area contributed by atoms with Gasteiger partial charge in [0.25, 0.3) is 0 Å². The van der Waals surface area contributed by atoms with E-state index in [-0.39, 0.29) is 12.8 Å². The van der Waals surface area contributed by atoms with E-state index >= 15 is 0 Å². The number of nitrogens with one attached hydrogen (secondary N) is 1. The van der Waals surface area contributed by atoms with E-state index in [2.05, 4.69) is 67.8 Å². The molecule has 8 N–H and O–H groups in total. The van der Waals surface area contributed by atoms with Gasteiger partial charge in [0.1, 0.15) is 36.6 Å². The third kappa shape index (κ3) is 32.8. The molecule has 1 heterocycles. The lowest BCUT2D eigenvalue weighted by Gasteiger charge is -2.40. The Hall–Kier alpha value is -1.93. The summed E-state index contributed by atoms with van der Waals surface area (Å²) in [5, 5.41) is 75.9. The first-order valence-corrected chi connectivity index (χ1v) is 27.0. The molecular formula is C55H101NO10. The molecule has 0 aromatic rings. The first-order chi connectivity index (χ1) is 32.2. The smallest absolute Gasteiger partial charge is 0.249 e. The summed E-state index contributed by atoms with van der Waals surface area (Å²) in [6, 6.07) is -1.20. The Morgan fingerprint density at radius 1 is 0.515 bits per heavy atom. The van der Waals surface area contributed by atoms with Gasteiger partial charge in [-0.2, -0.15) is 0 Å². The maximum atomic E-state index is 13.1. The second kappa shape index (κ2) is 44.3. The van der Waals surface area contributed by atoms with E-state index < -0.39 is 74.2 Å². The number of unbranched alkanes of at least 4 members (excludes halogenated alkanes) is 25. The number of ether oxygens (including phenoxy) is 2. The molecule has 386 valence electrons. The van der Waals surface area contributed by atoms with Crippen molar-refractivity contribution in [2.75, 3.05) is 13.2 Å². The number of carbonyl (C=O) groups is 1. The van der Waals surface area contributed by atoms with Crippen molar-refractivity contribution in [2.24, 2.45) is 0 Å². The van der Waals surface area contributed by atoms with E-state index in [0.29, 0.717) is 19.3 Å². The van der Waals surface area contributed by atoms with E-state index in [1.807, 2.05) is 0 Å². The molecule has 1 amide bonds. The van der Waals surface area contributed by atoms with Crippen LogP contribution >= 0.6 is 0 Å². The number of hydrogen-bond donors (Lipinski definition) is 8. The lowest BCUT2D eigenvalue weighted by atomic mass is 9.98. The Morgan fingerprint density at radius 2 is 0.909 bits per heavy atom. The number of amides is 1. The van der Waals surface area contributed by atoms with Gasteiger partial charge in [-0.25, -0.2) is 0 Å². The molecule has 9 atom stereocenters. The van der Waals surface area contributed by atoms with Crippen LogP contribution in [0.25, 0.3) is 0 Å². The number of rotatable bonds is 45. The van der Waals surface area contributed by atoms with Crippen LogP contribution in [0, 0.1) is 0 Å². The largest absolute Gasteiger partial charge is 0.394 e. The Bertz CT molecular complexity index is 1210. The zero-order chi connectivity index (χ0) is 48.3. The molecule has 0 aliphatic carbocycles. The van der Waals surface area contributed by atoms with Crippen LogP contribution < -0.4 is 5.32 Å². The Balaban J connectivity index is 2.39. The highest BCUT2D eigenvalue weighted by Crippen LogP contribution is 2.23. The van der Waals surface area contributed by atoms with Crippen molar-refractivity contribution in [2.45, 2.75) is 281 Å². The molecule has 11 nitrogen and oxygen atoms in total. The van der Waals surface area contributed by atoms with E-state index in [9.17, 15) is 40.5 Å². The predicted molar refractivity (Wildman–Crippen MR) is 270 cm³/mol. The molecule has 0 saturated carbocycles. The van der Waals surface area contributed by atoms with E-state index in [4.69, 9.17) is 9.47 Å². The maximum absolute atomic E-state index is 13.1. The van der Waals surface area contributed by atoms with Crippen LogP contribution in [0.5, 0.6) is 0 Å². The topological polar surface area (TPSA) is 189 Å². The van der Waals surface area contributed by atoms with Gasteiger partial charge in [-0.1, -0.05) is 184 Å². The zero-order valence-corrected chi connectivity index (χ0v) is 41.9. The number of hydrogen-bond acceptors (Lipinski definition) is 10. The van der Waals surface area contributed by atoms with Gasteiger partial charge in [-0.3, -0.25) is 4.79 Å². The van der Waals surface area contributed by atoms with Crippen molar-refractivity contribution in [3.63, 3.8) is 0 Å². The first-order valence-electron chi connectivity index (χ1n) is 27.0. The molecule has 0 spiro atoms. The number of allylic oxidation sites excluding steroid dienone is 8. The van der Waals surface area contributed by atoms with Gasteiger partial charge in [0.2, 0.25) is 5.91 Å². The van der Waals surface area contributed by atoms with E-state index in [1.165, 1.54) is 109 Å². The highest BCUT2D eigenvalue weighted by molar-refractivity contribution is 5.80. The summed E-state index contributed by atoms with van der Waals surface area (Å²) in [5.74, 6) is -0.719. The highest BCUT2D eigenvalue weighted by Gasteiger charge is 2.44. The monoisotopic (exact) mass is 936 g/mol. The normalized spacial score (nSPS) is 21.1. The molecule has 11 heteroatoms. The fraction of sp³-hybridized carbons (Fsp3) is 0.836. The van der Waals surface area contributed by atoms with Crippen molar-refractivity contribution in [3.8, 4) is 0 Å². The van der Waals surface area contributed by atoms with Gasteiger partial charge in [-0.05, 0) is 89.9 Å². The van der Waals surface area contributed by atoms with Crippen LogP contribution in [-0.4, -0.2) is 110 Å². The second-order valence-electron chi connectivity index (χ2n) is 18.9. The fourth-order valence-corrected chi connectivity index (χ4v) is 8.35. The third-order valence-corrected chi connectivity index (χ3v) is 12.8. The quantitative estimate of drug-likeness (QED) is 0.0216. The molecule has 66 heavy (non-hydrogen) atoms. The molecule has 0 radical (unpaired) electrons. The molecule has 1 rings (SSSR count). The molecule has 1 saturated heterocycles. The van der Waals surface area contributed by atoms with Crippen LogP contribution in [0.15, 0.2) is 48.6 Å². The Labute approximate surface area is 402 Å². The van der Waals surface area contributed by atoms with Crippen LogP contribution in [0.4, 0.5) is 0 Å². The number of carbonyl (C=O) groups excluding carboxylic acids is 1. The molecule has 0 aromatic heterocycles. The minimum Gasteiger partial charge on any atom is -0.394 e. The summed E-state index contributed by atoms with van der Waals surface area (Å²) in [7, 11) is 0. The maximum Gasteiger partial charge on any atom is 0.249 e. The lowest BCUT2D eigenvalue weighted by molar-refractivity contribution is -0.303. The van der Waals surface area contributed by atoms with Gasteiger partial charge >= 0.3 is 0 Å². The van der Waals surface area contributed by atoms with E-state index in [0.717, 1.165) is 70.6 Å². The Kier molecular flexibility index (Phi) is 41.7. The minimum atomic E-state index is -1.67. The average Bonchev–Trinajstić information content (AvgIpc) is 3.32. The highest BCUT2D eigenvalue weighted by atomic mass is 16.7. The van der Waals surface area contributed by atoms with Crippen LogP contribution in [-0.2, 0) is 14.3 Å². The summed E-state index contributed by atoms with van der Waals surface area (Å²) in [6.07, 6.45) is 43.1. The first kappa shape index (κ1) is 62.1. The van der Waals surface area contributed by atoms with Gasteiger partial charge < -0.3 is 50.5 Å². The fourth-order valence-electron chi connectivity index (χ4n) is 8.35. The molecule has 1 aliphatic rings. The van der Waals surface area contributed by atoms with Crippen LogP contribution in [0.3, 0.4) is 0 Å². The SMILES string of the molecule is CCCCCC/C=C\CCCCCCCCC(O)C(=O)NC(COC1OC(CO)C(O)C(O)C1O)C(O)C(O)CCC/C=C/CC/C=C/CC/C=C/CCCCCCCCCCCCCC. The molecule has 0 bridgehead atoms. The second-order valence-corrected chi connectivity index (χ2v) is 18.9. The molecule has 1 aliphatic heterocycles. The minimum absolute atomic E-state index is 0.239. The summed E-state index contributed by atoms with van der Waals surface area (Å²) >= 11 is 0. The molecule has 0 aromatic carbocycles. The van der Waals surface area contributed by atoms with Gasteiger partial charge in [0, 0.05) is 0 Å². The molecule has 9 unspecified atom stereocenters. The average molecular weight is 936 g/mol. The molecular weight excluding hydrogens is 835 g/mol. The van der Waals surface area contributed by atoms with E-state index in [1.54, 1.807) is 0 Å². The van der Waals surface area contributed by atoms with Crippen molar-refractivity contribution in [1.29, 1.82) is 0 Å². The van der Waals surface area contributed by atoms with Crippen molar-refractivity contribution >= 4 is 5.91 Å². The van der Waals surface area contributed by atoms with Gasteiger partial charge in [0.15, 0.2) is 6.29 Å². The van der Waals surface area contributed by atoms with Crippen LogP contribution in [0.2, 0.25) is 0 Å². The summed E-state index contributed by atoms with van der Waals surface area (Å²) in [5.41, 5.74) is 0. The van der Waals surface area contributed by atoms with Crippen molar-refractivity contribution in [1.82, 2.24) is 5.32 Å². The number of aliphatic hydroxyl groups excluding tert-OH is 7. The van der Waals surface area contributed by atoms with Crippen molar-refractivity contribution in [3.05, 3.63) is 48.6 Å². The predicted octanol–water partition coefficient (Wildman–Crippen LogP) is 10.5. The molecule has 1 fully saturated rings. The summed E-state index contributed by atoms with van der Waals surface area (Å²) in [6.45, 7) is 3.41. The lowest BCUT2D eigenvalue weighted by Crippen LogP contribution is -2.60. The summed E-state index contributed by atoms with van der Waals surface area (Å²) < 4.78 is 11.1. The third-order valence-electron chi connectivity index (χ3n) is 12.8. The van der Waals surface area contributed by atoms with Gasteiger partial charge in [0.05, 0.1) is 25.4 Å². The van der Waals surface area contributed by atoms with Gasteiger partial charge in [-0.15, -0.1) is 0 Å². The van der Waals surface area contributed by atoms with Crippen molar-refractivity contribution < 1.29 is 50.0 Å². The van der Waals surface area contributed by atoms with Crippen LogP contribution in [0.1, 0.15) is 226 Å². The summed E-state index contributed by atoms with van der Waals surface area (Å²) in [4.78, 5) is 13.1.